The number of carbonyl (C=O) groups is 1. The topological polar surface area (TPSA) is 77.0 Å². The van der Waals surface area contributed by atoms with E-state index in [2.05, 4.69) is 10.3 Å². The number of aromatic nitrogens is 3. The van der Waals surface area contributed by atoms with Crippen molar-refractivity contribution in [3.05, 3.63) is 34.3 Å². The maximum absolute atomic E-state index is 12.3. The molecule has 0 spiro atoms. The average Bonchev–Trinajstić information content (AvgIpc) is 3.07. The highest BCUT2D eigenvalue weighted by Gasteiger charge is 2.21. The molecule has 0 aliphatic heterocycles. The van der Waals surface area contributed by atoms with Gasteiger partial charge in [-0.15, -0.1) is 16.4 Å². The second-order valence-corrected chi connectivity index (χ2v) is 5.24. The van der Waals surface area contributed by atoms with Crippen LogP contribution in [0.1, 0.15) is 28.3 Å². The molecule has 0 aliphatic rings. The van der Waals surface area contributed by atoms with Gasteiger partial charge in [0.1, 0.15) is 0 Å². The Labute approximate surface area is 115 Å². The van der Waals surface area contributed by atoms with E-state index in [9.17, 15) is 4.79 Å². The molecule has 0 saturated heterocycles. The first kappa shape index (κ1) is 13.7. The fourth-order valence-electron chi connectivity index (χ4n) is 1.71. The predicted octanol–water partition coefficient (Wildman–Crippen LogP) is 1.13. The zero-order valence-corrected chi connectivity index (χ0v) is 11.8. The standard InChI is InChI=1S/C12H17N5OS/c1-9(11-4-3-7-19-11)16(2)12(18)10-8-17(6-5-13)15-14-10/h3-4,7-9H,5-6,13H2,1-2H3. The minimum absolute atomic E-state index is 0.0205. The third-order valence-corrected chi connectivity index (χ3v) is 4.01. The summed E-state index contributed by atoms with van der Waals surface area (Å²) in [6.45, 7) is 3.02. The van der Waals surface area contributed by atoms with E-state index in [0.29, 0.717) is 18.8 Å². The van der Waals surface area contributed by atoms with Crippen LogP contribution in [0.25, 0.3) is 0 Å². The van der Waals surface area contributed by atoms with Gasteiger partial charge in [-0.05, 0) is 18.4 Å². The molecule has 2 heterocycles. The molecular weight excluding hydrogens is 262 g/mol. The molecule has 1 atom stereocenters. The minimum atomic E-state index is -0.135. The number of nitrogens with two attached hydrogens (primary N) is 1. The molecule has 0 aromatic carbocycles. The zero-order valence-electron chi connectivity index (χ0n) is 11.0. The molecule has 7 heteroatoms. The van der Waals surface area contributed by atoms with E-state index in [1.165, 1.54) is 0 Å². The average molecular weight is 279 g/mol. The van der Waals surface area contributed by atoms with Crippen LogP contribution < -0.4 is 5.73 Å². The number of amides is 1. The molecule has 2 N–H and O–H groups in total. The molecule has 0 fully saturated rings. The normalized spacial score (nSPS) is 12.4. The van der Waals surface area contributed by atoms with Crippen molar-refractivity contribution in [2.24, 2.45) is 5.73 Å². The summed E-state index contributed by atoms with van der Waals surface area (Å²) < 4.78 is 1.58. The van der Waals surface area contributed by atoms with Crippen LogP contribution in [0.3, 0.4) is 0 Å². The van der Waals surface area contributed by atoms with Crippen molar-refractivity contribution in [1.29, 1.82) is 0 Å². The Bertz CT molecular complexity index is 536. The van der Waals surface area contributed by atoms with Crippen molar-refractivity contribution in [1.82, 2.24) is 19.9 Å². The largest absolute Gasteiger partial charge is 0.333 e. The second-order valence-electron chi connectivity index (χ2n) is 4.26. The van der Waals surface area contributed by atoms with Crippen molar-refractivity contribution in [2.75, 3.05) is 13.6 Å². The lowest BCUT2D eigenvalue weighted by atomic mass is 10.2. The highest BCUT2D eigenvalue weighted by molar-refractivity contribution is 7.10. The van der Waals surface area contributed by atoms with Crippen LogP contribution in [0, 0.1) is 0 Å². The molecule has 6 nitrogen and oxygen atoms in total. The van der Waals surface area contributed by atoms with Crippen molar-refractivity contribution >= 4 is 17.2 Å². The molecule has 2 aromatic heterocycles. The summed E-state index contributed by atoms with van der Waals surface area (Å²) in [5.74, 6) is -0.135. The van der Waals surface area contributed by atoms with Gasteiger partial charge in [-0.3, -0.25) is 9.48 Å². The van der Waals surface area contributed by atoms with E-state index in [1.807, 2.05) is 24.4 Å². The molecule has 1 unspecified atom stereocenters. The minimum Gasteiger partial charge on any atom is -0.333 e. The Morgan fingerprint density at radius 1 is 1.63 bits per heavy atom. The van der Waals surface area contributed by atoms with Gasteiger partial charge < -0.3 is 10.6 Å². The van der Waals surface area contributed by atoms with Crippen molar-refractivity contribution in [3.8, 4) is 0 Å². The molecule has 19 heavy (non-hydrogen) atoms. The van der Waals surface area contributed by atoms with Gasteiger partial charge in [-0.1, -0.05) is 11.3 Å². The Kier molecular flexibility index (Phi) is 4.28. The van der Waals surface area contributed by atoms with E-state index in [1.54, 1.807) is 34.2 Å². The number of thiophene rings is 1. The van der Waals surface area contributed by atoms with E-state index in [-0.39, 0.29) is 11.9 Å². The van der Waals surface area contributed by atoms with Crippen LogP contribution in [0.2, 0.25) is 0 Å². The maximum atomic E-state index is 12.3. The number of rotatable bonds is 5. The van der Waals surface area contributed by atoms with Gasteiger partial charge in [0.25, 0.3) is 5.91 Å². The molecule has 0 bridgehead atoms. The Hall–Kier alpha value is -1.73. The molecule has 102 valence electrons. The van der Waals surface area contributed by atoms with Crippen LogP contribution in [0.5, 0.6) is 0 Å². The smallest absolute Gasteiger partial charge is 0.276 e. The van der Waals surface area contributed by atoms with Gasteiger partial charge >= 0.3 is 0 Å². The van der Waals surface area contributed by atoms with Crippen LogP contribution in [0.4, 0.5) is 0 Å². The van der Waals surface area contributed by atoms with E-state index < -0.39 is 0 Å². The van der Waals surface area contributed by atoms with E-state index in [4.69, 9.17) is 5.73 Å². The Morgan fingerprint density at radius 3 is 3.05 bits per heavy atom. The monoisotopic (exact) mass is 279 g/mol. The third kappa shape index (κ3) is 2.99. The molecule has 0 saturated carbocycles. The van der Waals surface area contributed by atoms with Gasteiger partial charge in [0.05, 0.1) is 18.8 Å². The maximum Gasteiger partial charge on any atom is 0.276 e. The third-order valence-electron chi connectivity index (χ3n) is 2.97. The van der Waals surface area contributed by atoms with Crippen molar-refractivity contribution in [2.45, 2.75) is 19.5 Å². The van der Waals surface area contributed by atoms with Gasteiger partial charge in [0.15, 0.2) is 5.69 Å². The summed E-state index contributed by atoms with van der Waals surface area (Å²) in [7, 11) is 1.77. The van der Waals surface area contributed by atoms with Crippen molar-refractivity contribution < 1.29 is 4.79 Å². The van der Waals surface area contributed by atoms with E-state index >= 15 is 0 Å². The quantitative estimate of drug-likeness (QED) is 0.890. The van der Waals surface area contributed by atoms with Gasteiger partial charge in [0, 0.05) is 18.5 Å². The molecule has 2 rings (SSSR count). The molecule has 0 radical (unpaired) electrons. The number of hydrogen-bond acceptors (Lipinski definition) is 5. The van der Waals surface area contributed by atoms with Crippen LogP contribution >= 0.6 is 11.3 Å². The molecule has 1 amide bonds. The number of carbonyl (C=O) groups excluding carboxylic acids is 1. The highest BCUT2D eigenvalue weighted by atomic mass is 32.1. The first-order chi connectivity index (χ1) is 9.13. The molecule has 0 aliphatic carbocycles. The summed E-state index contributed by atoms with van der Waals surface area (Å²) in [4.78, 5) is 15.1. The fourth-order valence-corrected chi connectivity index (χ4v) is 2.54. The molecule has 2 aromatic rings. The highest BCUT2D eigenvalue weighted by Crippen LogP contribution is 2.24. The zero-order chi connectivity index (χ0) is 13.8. The molecular formula is C12H17N5OS. The Balaban J connectivity index is 2.09. The van der Waals surface area contributed by atoms with Gasteiger partial charge in [-0.25, -0.2) is 0 Å². The SMILES string of the molecule is CC(c1cccs1)N(C)C(=O)c1cn(CCN)nn1. The summed E-state index contributed by atoms with van der Waals surface area (Å²) in [6.07, 6.45) is 1.63. The first-order valence-electron chi connectivity index (χ1n) is 6.04. The summed E-state index contributed by atoms with van der Waals surface area (Å²) in [5, 5.41) is 9.76. The Morgan fingerprint density at radius 2 is 2.42 bits per heavy atom. The summed E-state index contributed by atoms with van der Waals surface area (Å²) >= 11 is 1.63. The first-order valence-corrected chi connectivity index (χ1v) is 6.92. The summed E-state index contributed by atoms with van der Waals surface area (Å²) in [5.41, 5.74) is 5.78. The number of nitrogens with zero attached hydrogens (tertiary/aromatic N) is 4. The van der Waals surface area contributed by atoms with E-state index in [0.717, 1.165) is 4.88 Å². The van der Waals surface area contributed by atoms with Gasteiger partial charge in [-0.2, -0.15) is 0 Å². The fraction of sp³-hybridized carbons (Fsp3) is 0.417. The predicted molar refractivity (Wildman–Crippen MR) is 73.9 cm³/mol. The van der Waals surface area contributed by atoms with Crippen LogP contribution in [0.15, 0.2) is 23.7 Å². The number of hydrogen-bond donors (Lipinski definition) is 1. The lowest BCUT2D eigenvalue weighted by Gasteiger charge is -2.22. The summed E-state index contributed by atoms with van der Waals surface area (Å²) in [6, 6.07) is 4.02. The van der Waals surface area contributed by atoms with Crippen LogP contribution in [-0.2, 0) is 6.54 Å². The lowest BCUT2D eigenvalue weighted by Crippen LogP contribution is -2.29. The van der Waals surface area contributed by atoms with Crippen molar-refractivity contribution in [3.63, 3.8) is 0 Å². The van der Waals surface area contributed by atoms with Gasteiger partial charge in [0.2, 0.25) is 0 Å². The second kappa shape index (κ2) is 5.94. The lowest BCUT2D eigenvalue weighted by molar-refractivity contribution is 0.0739. The van der Waals surface area contributed by atoms with Crippen LogP contribution in [-0.4, -0.2) is 39.4 Å².